The first-order valence-electron chi connectivity index (χ1n) is 10.5. The highest BCUT2D eigenvalue weighted by atomic mass is 19.4. The summed E-state index contributed by atoms with van der Waals surface area (Å²) in [5.41, 5.74) is 4.70. The third-order valence-corrected chi connectivity index (χ3v) is 5.59. The SMILES string of the molecule is NC1(C(=O)c2ccccc2)NC(=O)N([C@H]2C[C@H](O)[C@@H](CO)O2)C=C1CCCNC(=O)C(F)(F)F. The molecule has 1 unspecified atom stereocenters. The van der Waals surface area contributed by atoms with Gasteiger partial charge in [-0.15, -0.1) is 0 Å². The summed E-state index contributed by atoms with van der Waals surface area (Å²) in [5.74, 6) is -2.74. The second-order valence-corrected chi connectivity index (χ2v) is 7.97. The van der Waals surface area contributed by atoms with E-state index >= 15 is 0 Å². The number of urea groups is 1. The lowest BCUT2D eigenvalue weighted by molar-refractivity contribution is -0.173. The summed E-state index contributed by atoms with van der Waals surface area (Å²) in [7, 11) is 0. The minimum Gasteiger partial charge on any atom is -0.394 e. The number of nitrogens with one attached hydrogen (secondary N) is 2. The topological polar surface area (TPSA) is 154 Å². The van der Waals surface area contributed by atoms with Gasteiger partial charge in [-0.2, -0.15) is 13.2 Å². The molecule has 2 heterocycles. The first-order valence-corrected chi connectivity index (χ1v) is 10.5. The van der Waals surface area contributed by atoms with Crippen molar-refractivity contribution in [3.05, 3.63) is 47.7 Å². The average Bonchev–Trinajstić information content (AvgIpc) is 3.17. The number of alkyl halides is 3. The lowest BCUT2D eigenvalue weighted by atomic mass is 9.87. The number of carbonyl (C=O) groups excluding carboxylic acids is 3. The van der Waals surface area contributed by atoms with E-state index in [0.29, 0.717) is 0 Å². The molecule has 1 fully saturated rings. The Morgan fingerprint density at radius 1 is 1.29 bits per heavy atom. The van der Waals surface area contributed by atoms with E-state index in [-0.39, 0.29) is 36.9 Å². The van der Waals surface area contributed by atoms with E-state index in [9.17, 15) is 37.8 Å². The van der Waals surface area contributed by atoms with Crippen molar-refractivity contribution in [1.82, 2.24) is 15.5 Å². The van der Waals surface area contributed by atoms with Crippen molar-refractivity contribution in [3.8, 4) is 0 Å². The van der Waals surface area contributed by atoms with Crippen LogP contribution in [-0.2, 0) is 9.53 Å². The van der Waals surface area contributed by atoms with Gasteiger partial charge in [0.05, 0.1) is 12.7 Å². The van der Waals surface area contributed by atoms with E-state index in [2.05, 4.69) is 5.32 Å². The van der Waals surface area contributed by atoms with Crippen LogP contribution in [0.5, 0.6) is 0 Å². The van der Waals surface area contributed by atoms with Crippen LogP contribution in [0.15, 0.2) is 42.1 Å². The zero-order chi connectivity index (χ0) is 25.1. The Hall–Kier alpha value is -3.00. The lowest BCUT2D eigenvalue weighted by Crippen LogP contribution is -2.68. The predicted octanol–water partition coefficient (Wildman–Crippen LogP) is 0.360. The molecule has 0 saturated carbocycles. The van der Waals surface area contributed by atoms with E-state index in [0.717, 1.165) is 4.90 Å². The molecule has 2 aliphatic rings. The first kappa shape index (κ1) is 25.6. The van der Waals surface area contributed by atoms with Crippen molar-refractivity contribution in [3.63, 3.8) is 0 Å². The zero-order valence-corrected chi connectivity index (χ0v) is 17.9. The fourth-order valence-electron chi connectivity index (χ4n) is 3.77. The number of halogens is 3. The minimum atomic E-state index is -5.03. The van der Waals surface area contributed by atoms with Crippen LogP contribution in [0.2, 0.25) is 0 Å². The Morgan fingerprint density at radius 3 is 2.56 bits per heavy atom. The summed E-state index contributed by atoms with van der Waals surface area (Å²) in [5, 5.41) is 23.5. The van der Waals surface area contributed by atoms with Crippen LogP contribution in [0.4, 0.5) is 18.0 Å². The standard InChI is InChI=1S/C21H25F3N4O6/c22-21(23,24)18(32)26-8-4-7-13-10-28(16-9-14(30)15(11-29)34-16)19(33)27-20(13,25)17(31)12-5-2-1-3-6-12/h1-3,5-6,10,14-16,29-30H,4,7-9,11,25H2,(H,26,32)(H,27,33)/t14-,15+,16+,20?/m0/s1. The number of aliphatic hydroxyl groups is 2. The maximum Gasteiger partial charge on any atom is 0.471 e. The fraction of sp³-hybridized carbons (Fsp3) is 0.476. The van der Waals surface area contributed by atoms with Crippen molar-refractivity contribution in [2.75, 3.05) is 13.2 Å². The maximum atomic E-state index is 13.2. The number of Topliss-reactive ketones (excluding diaryl/α,β-unsaturated/α-hetero) is 1. The van der Waals surface area contributed by atoms with Crippen LogP contribution in [-0.4, -0.2) is 76.3 Å². The number of nitrogens with two attached hydrogens (primary N) is 1. The van der Waals surface area contributed by atoms with Crippen molar-refractivity contribution in [2.24, 2.45) is 5.73 Å². The van der Waals surface area contributed by atoms with Gasteiger partial charge in [0.2, 0.25) is 5.78 Å². The second kappa shape index (κ2) is 10.1. The molecule has 0 spiro atoms. The van der Waals surface area contributed by atoms with E-state index < -0.39 is 54.6 Å². The van der Waals surface area contributed by atoms with E-state index in [1.165, 1.54) is 18.3 Å². The van der Waals surface area contributed by atoms with E-state index in [1.54, 1.807) is 23.5 Å². The molecular weight excluding hydrogens is 461 g/mol. The Bertz CT molecular complexity index is 958. The molecule has 0 aromatic heterocycles. The summed E-state index contributed by atoms with van der Waals surface area (Å²) in [6.45, 7) is -0.833. The van der Waals surface area contributed by atoms with Gasteiger partial charge in [0.25, 0.3) is 0 Å². The van der Waals surface area contributed by atoms with Gasteiger partial charge in [0.15, 0.2) is 5.66 Å². The number of hydrogen-bond donors (Lipinski definition) is 5. The van der Waals surface area contributed by atoms with Gasteiger partial charge < -0.3 is 25.6 Å². The summed E-state index contributed by atoms with van der Waals surface area (Å²) in [6.07, 6.45) is -6.77. The molecule has 186 valence electrons. The third-order valence-electron chi connectivity index (χ3n) is 5.59. The summed E-state index contributed by atoms with van der Waals surface area (Å²) < 4.78 is 42.7. The van der Waals surface area contributed by atoms with Crippen molar-refractivity contribution in [1.29, 1.82) is 0 Å². The highest BCUT2D eigenvalue weighted by molar-refractivity contribution is 6.07. The Morgan fingerprint density at radius 2 is 1.97 bits per heavy atom. The van der Waals surface area contributed by atoms with Gasteiger partial charge in [-0.25, -0.2) is 4.79 Å². The first-order chi connectivity index (χ1) is 16.0. The largest absolute Gasteiger partial charge is 0.471 e. The number of benzene rings is 1. The van der Waals surface area contributed by atoms with Gasteiger partial charge in [-0.05, 0) is 18.4 Å². The average molecular weight is 486 g/mol. The van der Waals surface area contributed by atoms with Crippen LogP contribution < -0.4 is 16.4 Å². The molecule has 3 amide bonds. The van der Waals surface area contributed by atoms with Crippen LogP contribution >= 0.6 is 0 Å². The molecule has 1 aromatic carbocycles. The number of hydrogen-bond acceptors (Lipinski definition) is 7. The summed E-state index contributed by atoms with van der Waals surface area (Å²) in [4.78, 5) is 38.2. The highest BCUT2D eigenvalue weighted by Gasteiger charge is 2.47. The highest BCUT2D eigenvalue weighted by Crippen LogP contribution is 2.31. The lowest BCUT2D eigenvalue weighted by Gasteiger charge is -2.40. The quantitative estimate of drug-likeness (QED) is 0.263. The van der Waals surface area contributed by atoms with Crippen LogP contribution in [0.3, 0.4) is 0 Å². The number of ketones is 1. The number of amides is 3. The molecule has 0 radical (unpaired) electrons. The summed E-state index contributed by atoms with van der Waals surface area (Å²) >= 11 is 0. The normalized spacial score (nSPS) is 27.2. The molecule has 10 nitrogen and oxygen atoms in total. The molecule has 1 saturated heterocycles. The van der Waals surface area contributed by atoms with Gasteiger partial charge in [0, 0.05) is 24.7 Å². The van der Waals surface area contributed by atoms with Gasteiger partial charge in [0.1, 0.15) is 12.3 Å². The maximum absolute atomic E-state index is 13.2. The smallest absolute Gasteiger partial charge is 0.394 e. The molecular formula is C21H25F3N4O6. The van der Waals surface area contributed by atoms with E-state index in [4.69, 9.17) is 10.5 Å². The monoisotopic (exact) mass is 486 g/mol. The number of nitrogens with zero attached hydrogens (tertiary/aromatic N) is 1. The van der Waals surface area contributed by atoms with Gasteiger partial charge >= 0.3 is 18.1 Å². The van der Waals surface area contributed by atoms with Gasteiger partial charge in [-0.3, -0.25) is 20.2 Å². The third kappa shape index (κ3) is 5.38. The molecule has 2 aliphatic heterocycles. The van der Waals surface area contributed by atoms with Crippen LogP contribution in [0.25, 0.3) is 0 Å². The van der Waals surface area contributed by atoms with Crippen molar-refractivity contribution >= 4 is 17.7 Å². The minimum absolute atomic E-state index is 0.0196. The molecule has 3 rings (SSSR count). The molecule has 0 bridgehead atoms. The molecule has 34 heavy (non-hydrogen) atoms. The fourth-order valence-corrected chi connectivity index (χ4v) is 3.77. The molecule has 13 heteroatoms. The number of carbonyl (C=O) groups is 3. The number of ether oxygens (including phenoxy) is 1. The molecule has 4 atom stereocenters. The Balaban J connectivity index is 1.84. The zero-order valence-electron chi connectivity index (χ0n) is 17.9. The second-order valence-electron chi connectivity index (χ2n) is 7.97. The number of aliphatic hydroxyl groups excluding tert-OH is 2. The van der Waals surface area contributed by atoms with Crippen LogP contribution in [0.1, 0.15) is 29.6 Å². The van der Waals surface area contributed by atoms with Crippen LogP contribution in [0, 0.1) is 0 Å². The van der Waals surface area contributed by atoms with Crippen molar-refractivity contribution < 1.29 is 42.5 Å². The van der Waals surface area contributed by atoms with Gasteiger partial charge in [-0.1, -0.05) is 30.3 Å². The molecule has 0 aliphatic carbocycles. The molecule has 6 N–H and O–H groups in total. The summed E-state index contributed by atoms with van der Waals surface area (Å²) in [6, 6.07) is 7.09. The van der Waals surface area contributed by atoms with E-state index in [1.807, 2.05) is 0 Å². The van der Waals surface area contributed by atoms with Crippen molar-refractivity contribution in [2.45, 2.75) is 49.5 Å². The predicted molar refractivity (Wildman–Crippen MR) is 111 cm³/mol. The Labute approximate surface area is 192 Å². The number of rotatable bonds is 8. The molecule has 1 aromatic rings. The Kier molecular flexibility index (Phi) is 7.60.